The minimum atomic E-state index is -3.63. The molecule has 0 radical (unpaired) electrons. The molecule has 3 rings (SSSR count). The molecule has 2 aromatic carbocycles. The number of hydrogen-bond donors (Lipinski definition) is 1. The lowest BCUT2D eigenvalue weighted by molar-refractivity contribution is 0.596. The molecule has 3 aromatic rings. The number of hydrogen-bond acceptors (Lipinski definition) is 4. The van der Waals surface area contributed by atoms with E-state index in [4.69, 9.17) is 11.6 Å². The Bertz CT molecular complexity index is 1250. The van der Waals surface area contributed by atoms with E-state index in [-0.39, 0.29) is 16.5 Å². The molecule has 0 spiro atoms. The molecular weight excluding hydrogens is 403 g/mol. The highest BCUT2D eigenvalue weighted by molar-refractivity contribution is 7.90. The Balaban J connectivity index is 2.16. The van der Waals surface area contributed by atoms with Crippen molar-refractivity contribution in [2.75, 3.05) is 11.6 Å². The minimum Gasteiger partial charge on any atom is -0.377 e. The Morgan fingerprint density at radius 3 is 2.46 bits per heavy atom. The Hall–Kier alpha value is -2.38. The molecule has 28 heavy (non-hydrogen) atoms. The second kappa shape index (κ2) is 7.22. The normalized spacial score (nSPS) is 12.9. The predicted molar refractivity (Wildman–Crippen MR) is 110 cm³/mol. The molecule has 1 atom stereocenters. The summed E-state index contributed by atoms with van der Waals surface area (Å²) in [7, 11) is -2.03. The molecule has 0 saturated heterocycles. The summed E-state index contributed by atoms with van der Waals surface area (Å²) < 4.78 is 39.0. The molecule has 0 amide bonds. The van der Waals surface area contributed by atoms with Gasteiger partial charge in [0.2, 0.25) is 0 Å². The van der Waals surface area contributed by atoms with E-state index >= 15 is 0 Å². The van der Waals surface area contributed by atoms with Crippen LogP contribution in [0.5, 0.6) is 0 Å². The summed E-state index contributed by atoms with van der Waals surface area (Å²) in [5, 5.41) is 4.64. The lowest BCUT2D eigenvalue weighted by Crippen LogP contribution is -2.19. The summed E-state index contributed by atoms with van der Waals surface area (Å²) in [5.41, 5.74) is 1.76. The molecule has 1 heterocycles. The molecule has 0 fully saturated rings. The van der Waals surface area contributed by atoms with Crippen LogP contribution < -0.4 is 10.9 Å². The maximum absolute atomic E-state index is 13.6. The van der Waals surface area contributed by atoms with Crippen LogP contribution in [0.4, 0.5) is 10.1 Å². The van der Waals surface area contributed by atoms with Gasteiger partial charge >= 0.3 is 0 Å². The molecule has 0 aliphatic heterocycles. The Labute approximate surface area is 167 Å². The number of rotatable bonds is 4. The molecule has 0 aliphatic rings. The summed E-state index contributed by atoms with van der Waals surface area (Å²) in [6.45, 7) is 3.72. The number of nitrogens with one attached hydrogen (secondary N) is 1. The van der Waals surface area contributed by atoms with Gasteiger partial charge in [0.1, 0.15) is 11.0 Å². The highest BCUT2D eigenvalue weighted by Crippen LogP contribution is 2.31. The van der Waals surface area contributed by atoms with E-state index < -0.39 is 15.7 Å². The highest BCUT2D eigenvalue weighted by Gasteiger charge is 2.19. The average Bonchev–Trinajstić information content (AvgIpc) is 2.60. The Kier molecular flexibility index (Phi) is 5.25. The zero-order valence-electron chi connectivity index (χ0n) is 15.9. The SMILES string of the molecule is Cc1cc([C@@H](C)Nc2ccc(F)cc2S(C)(=O)=O)c2cc(Cl)n(C)c(=O)c2c1. The number of halogens is 2. The van der Waals surface area contributed by atoms with Crippen LogP contribution in [-0.2, 0) is 16.9 Å². The van der Waals surface area contributed by atoms with E-state index in [1.54, 1.807) is 19.2 Å². The molecule has 148 valence electrons. The van der Waals surface area contributed by atoms with Crippen LogP contribution >= 0.6 is 11.6 Å². The smallest absolute Gasteiger partial charge is 0.259 e. The number of fused-ring (bicyclic) bond motifs is 1. The van der Waals surface area contributed by atoms with Crippen molar-refractivity contribution in [2.45, 2.75) is 24.8 Å². The monoisotopic (exact) mass is 422 g/mol. The molecule has 0 unspecified atom stereocenters. The molecule has 0 bridgehead atoms. The average molecular weight is 423 g/mol. The molecule has 8 heteroatoms. The Morgan fingerprint density at radius 2 is 1.82 bits per heavy atom. The number of nitrogens with zero attached hydrogens (tertiary/aromatic N) is 1. The van der Waals surface area contributed by atoms with Crippen molar-refractivity contribution in [2.24, 2.45) is 7.05 Å². The third-order valence-electron chi connectivity index (χ3n) is 4.66. The van der Waals surface area contributed by atoms with E-state index in [9.17, 15) is 17.6 Å². The van der Waals surface area contributed by atoms with Crippen LogP contribution in [0, 0.1) is 12.7 Å². The molecule has 1 N–H and O–H groups in total. The third kappa shape index (κ3) is 3.77. The van der Waals surface area contributed by atoms with Crippen molar-refractivity contribution in [1.29, 1.82) is 0 Å². The summed E-state index contributed by atoms with van der Waals surface area (Å²) in [4.78, 5) is 12.5. The standard InChI is InChI=1S/C20H20ClFN2O3S/c1-11-7-14(15-10-19(21)24(3)20(25)16(15)8-11)12(2)23-17-6-5-13(22)9-18(17)28(4,26)27/h5-10,12,23H,1-4H3/t12-/m1/s1. The zero-order chi connectivity index (χ0) is 20.8. The van der Waals surface area contributed by atoms with Crippen LogP contribution in [0.2, 0.25) is 5.15 Å². The van der Waals surface area contributed by atoms with Gasteiger partial charge < -0.3 is 9.88 Å². The quantitative estimate of drug-likeness (QED) is 0.639. The van der Waals surface area contributed by atoms with E-state index in [1.807, 2.05) is 19.9 Å². The molecular formula is C20H20ClFN2O3S. The van der Waals surface area contributed by atoms with Gasteiger partial charge in [-0.05, 0) is 60.7 Å². The van der Waals surface area contributed by atoms with Crippen molar-refractivity contribution in [1.82, 2.24) is 4.57 Å². The van der Waals surface area contributed by atoms with Crippen molar-refractivity contribution in [3.8, 4) is 0 Å². The van der Waals surface area contributed by atoms with Crippen molar-refractivity contribution >= 4 is 37.9 Å². The van der Waals surface area contributed by atoms with Crippen LogP contribution in [0.15, 0.2) is 46.1 Å². The van der Waals surface area contributed by atoms with Gasteiger partial charge in [-0.2, -0.15) is 0 Å². The maximum atomic E-state index is 13.6. The van der Waals surface area contributed by atoms with E-state index in [0.717, 1.165) is 23.4 Å². The molecule has 1 aromatic heterocycles. The molecule has 5 nitrogen and oxygen atoms in total. The number of aryl methyl sites for hydroxylation is 1. The lowest BCUT2D eigenvalue weighted by atomic mass is 9.98. The van der Waals surface area contributed by atoms with Gasteiger partial charge in [-0.3, -0.25) is 4.79 Å². The topological polar surface area (TPSA) is 68.2 Å². The predicted octanol–water partition coefficient (Wildman–Crippen LogP) is 4.22. The van der Waals surface area contributed by atoms with Crippen molar-refractivity contribution in [3.05, 3.63) is 68.8 Å². The second-order valence-electron chi connectivity index (χ2n) is 6.93. The van der Waals surface area contributed by atoms with Gasteiger partial charge in [-0.15, -0.1) is 0 Å². The third-order valence-corrected chi connectivity index (χ3v) is 6.16. The van der Waals surface area contributed by atoms with Gasteiger partial charge in [0.05, 0.1) is 10.6 Å². The van der Waals surface area contributed by atoms with E-state index in [0.29, 0.717) is 21.6 Å². The fraction of sp³-hybridized carbons (Fsp3) is 0.250. The van der Waals surface area contributed by atoms with Crippen LogP contribution in [0.1, 0.15) is 24.1 Å². The second-order valence-corrected chi connectivity index (χ2v) is 9.30. The summed E-state index contributed by atoms with van der Waals surface area (Å²) in [5.74, 6) is -0.630. The van der Waals surface area contributed by atoms with Gasteiger partial charge in [-0.1, -0.05) is 17.7 Å². The first-order valence-corrected chi connectivity index (χ1v) is 10.8. The van der Waals surface area contributed by atoms with Crippen molar-refractivity contribution in [3.63, 3.8) is 0 Å². The van der Waals surface area contributed by atoms with Gasteiger partial charge in [0.15, 0.2) is 9.84 Å². The lowest BCUT2D eigenvalue weighted by Gasteiger charge is -2.21. The number of pyridine rings is 1. The molecule has 0 saturated carbocycles. The number of sulfone groups is 1. The first-order valence-electron chi connectivity index (χ1n) is 8.55. The van der Waals surface area contributed by atoms with Gasteiger partial charge in [0, 0.05) is 24.7 Å². The molecule has 0 aliphatic carbocycles. The largest absolute Gasteiger partial charge is 0.377 e. The fourth-order valence-electron chi connectivity index (χ4n) is 3.25. The van der Waals surface area contributed by atoms with Gasteiger partial charge in [0.25, 0.3) is 5.56 Å². The van der Waals surface area contributed by atoms with Crippen molar-refractivity contribution < 1.29 is 12.8 Å². The minimum absolute atomic E-state index is 0.120. The first kappa shape index (κ1) is 20.4. The van der Waals surface area contributed by atoms with E-state index in [1.165, 1.54) is 16.7 Å². The van der Waals surface area contributed by atoms with Crippen LogP contribution in [0.3, 0.4) is 0 Å². The van der Waals surface area contributed by atoms with Gasteiger partial charge in [-0.25, -0.2) is 12.8 Å². The number of aromatic nitrogens is 1. The fourth-order valence-corrected chi connectivity index (χ4v) is 4.29. The first-order chi connectivity index (χ1) is 13.0. The number of anilines is 1. The van der Waals surface area contributed by atoms with E-state index in [2.05, 4.69) is 5.32 Å². The maximum Gasteiger partial charge on any atom is 0.259 e. The summed E-state index contributed by atoms with van der Waals surface area (Å²) in [6, 6.07) is 8.65. The van der Waals surface area contributed by atoms with Crippen LogP contribution in [0.25, 0.3) is 10.8 Å². The number of benzene rings is 2. The summed E-state index contributed by atoms with van der Waals surface area (Å²) >= 11 is 6.19. The Morgan fingerprint density at radius 1 is 1.14 bits per heavy atom. The zero-order valence-corrected chi connectivity index (χ0v) is 17.5. The highest BCUT2D eigenvalue weighted by atomic mass is 35.5. The summed E-state index contributed by atoms with van der Waals surface area (Å²) in [6.07, 6.45) is 1.03. The van der Waals surface area contributed by atoms with Crippen LogP contribution in [-0.4, -0.2) is 19.2 Å².